The van der Waals surface area contributed by atoms with Crippen LogP contribution in [0.3, 0.4) is 0 Å². The van der Waals surface area contributed by atoms with Gasteiger partial charge in [0.25, 0.3) is 5.91 Å². The van der Waals surface area contributed by atoms with Crippen molar-refractivity contribution in [2.75, 3.05) is 13.1 Å². The van der Waals surface area contributed by atoms with Crippen LogP contribution in [0.1, 0.15) is 42.6 Å². The van der Waals surface area contributed by atoms with Gasteiger partial charge in [-0.1, -0.05) is 18.1 Å². The lowest BCUT2D eigenvalue weighted by atomic mass is 9.90. The maximum atomic E-state index is 13.9. The number of amides is 1. The summed E-state index contributed by atoms with van der Waals surface area (Å²) in [6, 6.07) is 2.89. The van der Waals surface area contributed by atoms with Crippen LogP contribution >= 0.6 is 0 Å². The number of hydrogen-bond donors (Lipinski definition) is 2. The Kier molecular flexibility index (Phi) is 5.76. The van der Waals surface area contributed by atoms with Gasteiger partial charge in [0.2, 0.25) is 0 Å². The molecule has 2 aromatic rings. The van der Waals surface area contributed by atoms with Gasteiger partial charge < -0.3 is 10.4 Å². The van der Waals surface area contributed by atoms with Crippen LogP contribution in [0.4, 0.5) is 8.78 Å². The van der Waals surface area contributed by atoms with Crippen LogP contribution in [0.5, 0.6) is 0 Å². The highest BCUT2D eigenvalue weighted by Crippen LogP contribution is 2.28. The number of nitrogens with one attached hydrogen (secondary N) is 1. The maximum Gasteiger partial charge on any atom is 0.309 e. The number of aliphatic carboxylic acids is 1. The number of hydrogen-bond acceptors (Lipinski definition) is 5. The van der Waals surface area contributed by atoms with Crippen molar-refractivity contribution in [3.05, 3.63) is 41.7 Å². The first kappa shape index (κ1) is 20.4. The summed E-state index contributed by atoms with van der Waals surface area (Å²) in [5.74, 6) is -3.79. The summed E-state index contributed by atoms with van der Waals surface area (Å²) in [6.45, 7) is 1.13. The standard InChI is InChI=1S/C20H23F2N5O3/c21-12-5-6-18(15(22)9-12)27-11-17(24-25-27)19(28)23-16-7-8-26(10-14(16)20(29)30)13-3-1-2-4-13/h5-6,9,11,13-14,16H,1-4,7-8,10H2,(H,23,28)(H,29,30). The molecule has 1 aromatic carbocycles. The molecule has 1 amide bonds. The smallest absolute Gasteiger partial charge is 0.309 e. The van der Waals surface area contributed by atoms with Crippen molar-refractivity contribution in [3.8, 4) is 5.69 Å². The van der Waals surface area contributed by atoms with Crippen LogP contribution < -0.4 is 5.32 Å². The molecule has 0 bridgehead atoms. The SMILES string of the molecule is O=C(NC1CCN(C2CCCC2)CC1C(=O)O)c1cn(-c2ccc(F)cc2F)nn1. The maximum absolute atomic E-state index is 13.9. The molecule has 10 heteroatoms. The normalized spacial score (nSPS) is 22.9. The fourth-order valence-electron chi connectivity index (χ4n) is 4.40. The molecule has 160 valence electrons. The van der Waals surface area contributed by atoms with Crippen LogP contribution in [-0.2, 0) is 4.79 Å². The molecular weight excluding hydrogens is 396 g/mol. The number of carboxylic acid groups (broad SMARTS) is 1. The Hall–Kier alpha value is -2.88. The van der Waals surface area contributed by atoms with Crippen molar-refractivity contribution in [3.63, 3.8) is 0 Å². The molecule has 8 nitrogen and oxygen atoms in total. The summed E-state index contributed by atoms with van der Waals surface area (Å²) in [4.78, 5) is 26.7. The average Bonchev–Trinajstić information content (AvgIpc) is 3.40. The number of likely N-dealkylation sites (tertiary alicyclic amines) is 1. The van der Waals surface area contributed by atoms with Crippen LogP contribution in [-0.4, -0.2) is 62.0 Å². The molecule has 1 aliphatic heterocycles. The van der Waals surface area contributed by atoms with Gasteiger partial charge >= 0.3 is 5.97 Å². The van der Waals surface area contributed by atoms with Gasteiger partial charge in [-0.25, -0.2) is 13.5 Å². The Balaban J connectivity index is 1.44. The molecule has 2 fully saturated rings. The monoisotopic (exact) mass is 419 g/mol. The lowest BCUT2D eigenvalue weighted by Gasteiger charge is -2.39. The molecule has 1 saturated carbocycles. The molecular formula is C20H23F2N5O3. The fraction of sp³-hybridized carbons (Fsp3) is 0.500. The fourth-order valence-corrected chi connectivity index (χ4v) is 4.40. The van der Waals surface area contributed by atoms with Gasteiger partial charge in [-0.2, -0.15) is 0 Å². The summed E-state index contributed by atoms with van der Waals surface area (Å²) in [5, 5.41) is 19.9. The topological polar surface area (TPSA) is 100 Å². The van der Waals surface area contributed by atoms with Crippen LogP contribution in [0.15, 0.2) is 24.4 Å². The number of carbonyl (C=O) groups is 2. The third kappa shape index (κ3) is 4.18. The molecule has 2 heterocycles. The van der Waals surface area contributed by atoms with Gasteiger partial charge in [-0.05, 0) is 31.4 Å². The zero-order valence-electron chi connectivity index (χ0n) is 16.3. The molecule has 2 aliphatic rings. The van der Waals surface area contributed by atoms with E-state index in [2.05, 4.69) is 20.5 Å². The minimum atomic E-state index is -0.944. The summed E-state index contributed by atoms with van der Waals surface area (Å²) in [5.41, 5.74) is -0.114. The summed E-state index contributed by atoms with van der Waals surface area (Å²) < 4.78 is 28.1. The number of nitrogens with zero attached hydrogens (tertiary/aromatic N) is 4. The van der Waals surface area contributed by atoms with Crippen LogP contribution in [0.2, 0.25) is 0 Å². The molecule has 1 aliphatic carbocycles. The van der Waals surface area contributed by atoms with E-state index in [0.717, 1.165) is 30.1 Å². The van der Waals surface area contributed by atoms with E-state index in [9.17, 15) is 23.5 Å². The Labute approximate surface area is 171 Å². The Morgan fingerprint density at radius 3 is 2.63 bits per heavy atom. The quantitative estimate of drug-likeness (QED) is 0.769. The summed E-state index contributed by atoms with van der Waals surface area (Å²) in [6.07, 6.45) is 6.28. The summed E-state index contributed by atoms with van der Waals surface area (Å²) in [7, 11) is 0. The first-order chi connectivity index (χ1) is 14.4. The van der Waals surface area contributed by atoms with Gasteiger partial charge in [0, 0.05) is 31.2 Å². The van der Waals surface area contributed by atoms with Crippen molar-refractivity contribution in [2.24, 2.45) is 5.92 Å². The second-order valence-corrected chi connectivity index (χ2v) is 7.89. The van der Waals surface area contributed by atoms with E-state index in [4.69, 9.17) is 0 Å². The third-order valence-electron chi connectivity index (χ3n) is 6.00. The van der Waals surface area contributed by atoms with Crippen molar-refractivity contribution in [2.45, 2.75) is 44.2 Å². The highest BCUT2D eigenvalue weighted by Gasteiger charge is 2.38. The van der Waals surface area contributed by atoms with E-state index in [1.165, 1.54) is 25.1 Å². The lowest BCUT2D eigenvalue weighted by Crippen LogP contribution is -2.55. The first-order valence-electron chi connectivity index (χ1n) is 10.1. The van der Waals surface area contributed by atoms with E-state index in [-0.39, 0.29) is 11.4 Å². The molecule has 0 spiro atoms. The highest BCUT2D eigenvalue weighted by atomic mass is 19.1. The Bertz CT molecular complexity index is 944. The van der Waals surface area contributed by atoms with E-state index < -0.39 is 35.5 Å². The van der Waals surface area contributed by atoms with Gasteiger partial charge in [0.1, 0.15) is 11.5 Å². The van der Waals surface area contributed by atoms with Gasteiger partial charge in [0.15, 0.2) is 11.5 Å². The highest BCUT2D eigenvalue weighted by molar-refractivity contribution is 5.92. The average molecular weight is 419 g/mol. The minimum Gasteiger partial charge on any atom is -0.481 e. The molecule has 2 N–H and O–H groups in total. The molecule has 1 saturated heterocycles. The largest absolute Gasteiger partial charge is 0.481 e. The molecule has 2 atom stereocenters. The van der Waals surface area contributed by atoms with Crippen LogP contribution in [0, 0.1) is 17.6 Å². The second kappa shape index (κ2) is 8.47. The first-order valence-corrected chi connectivity index (χ1v) is 10.1. The van der Waals surface area contributed by atoms with Crippen molar-refractivity contribution >= 4 is 11.9 Å². The van der Waals surface area contributed by atoms with Crippen molar-refractivity contribution < 1.29 is 23.5 Å². The minimum absolute atomic E-state index is 0.0452. The number of halogens is 2. The molecule has 30 heavy (non-hydrogen) atoms. The second-order valence-electron chi connectivity index (χ2n) is 7.89. The third-order valence-corrected chi connectivity index (χ3v) is 6.00. The van der Waals surface area contributed by atoms with E-state index in [0.29, 0.717) is 25.1 Å². The number of aromatic nitrogens is 3. The Morgan fingerprint density at radius 1 is 1.17 bits per heavy atom. The number of piperidine rings is 1. The van der Waals surface area contributed by atoms with Crippen LogP contribution in [0.25, 0.3) is 5.69 Å². The lowest BCUT2D eigenvalue weighted by molar-refractivity contribution is -0.145. The number of benzene rings is 1. The Morgan fingerprint density at radius 2 is 1.93 bits per heavy atom. The zero-order valence-corrected chi connectivity index (χ0v) is 16.3. The number of carbonyl (C=O) groups excluding carboxylic acids is 1. The van der Waals surface area contributed by atoms with Gasteiger partial charge in [-0.3, -0.25) is 14.5 Å². The zero-order chi connectivity index (χ0) is 21.3. The predicted molar refractivity (Wildman–Crippen MR) is 102 cm³/mol. The number of rotatable bonds is 5. The molecule has 1 aromatic heterocycles. The predicted octanol–water partition coefficient (Wildman–Crippen LogP) is 1.99. The van der Waals surface area contributed by atoms with Crippen molar-refractivity contribution in [1.82, 2.24) is 25.2 Å². The molecule has 4 rings (SSSR count). The van der Waals surface area contributed by atoms with E-state index >= 15 is 0 Å². The number of carboxylic acids is 1. The molecule has 0 radical (unpaired) electrons. The van der Waals surface area contributed by atoms with Gasteiger partial charge in [0.05, 0.1) is 12.1 Å². The summed E-state index contributed by atoms with van der Waals surface area (Å²) >= 11 is 0. The molecule has 2 unspecified atom stereocenters. The van der Waals surface area contributed by atoms with E-state index in [1.807, 2.05) is 0 Å². The van der Waals surface area contributed by atoms with Crippen molar-refractivity contribution in [1.29, 1.82) is 0 Å². The van der Waals surface area contributed by atoms with Gasteiger partial charge in [-0.15, -0.1) is 5.10 Å². The van der Waals surface area contributed by atoms with E-state index in [1.54, 1.807) is 0 Å².